The summed E-state index contributed by atoms with van der Waals surface area (Å²) in [5.41, 5.74) is 5.59. The van der Waals surface area contributed by atoms with Gasteiger partial charge in [0.1, 0.15) is 5.82 Å². The number of nitrogens with zero attached hydrogens (tertiary/aromatic N) is 2. The van der Waals surface area contributed by atoms with Gasteiger partial charge in [0.2, 0.25) is 0 Å². The fourth-order valence-corrected chi connectivity index (χ4v) is 3.24. The maximum atomic E-state index is 11.7. The Hall–Kier alpha value is -1.77. The second-order valence-corrected chi connectivity index (χ2v) is 6.64. The van der Waals surface area contributed by atoms with Crippen LogP contribution in [-0.4, -0.2) is 49.0 Å². The minimum atomic E-state index is -3.52. The highest BCUT2D eigenvalue weighted by molar-refractivity contribution is 7.91. The quantitative estimate of drug-likeness (QED) is 0.696. The van der Waals surface area contributed by atoms with E-state index < -0.39 is 21.7 Å². The van der Waals surface area contributed by atoms with Crippen molar-refractivity contribution in [2.75, 3.05) is 30.0 Å². The number of piperidine rings is 1. The maximum absolute atomic E-state index is 11.7. The normalized spacial score (nSPS) is 20.5. The molecule has 1 aliphatic rings. The minimum absolute atomic E-state index is 0.0186. The van der Waals surface area contributed by atoms with Crippen LogP contribution in [-0.2, 0) is 14.6 Å². The van der Waals surface area contributed by atoms with Gasteiger partial charge in [0, 0.05) is 19.3 Å². The molecular formula is C10H16N4O4S. The van der Waals surface area contributed by atoms with Crippen LogP contribution in [0.3, 0.4) is 0 Å². The number of nitrogens with two attached hydrogens (primary N) is 1. The standard InChI is InChI=1S/C10H16N4O4S/c1-19(17,18)7-8(11)12-13-9(7)14-4-2-3-6(5-14)10(15)16/h6H,2-5H2,1H3,(H,15,16)(H3,11,12,13). The molecule has 1 aromatic heterocycles. The van der Waals surface area contributed by atoms with E-state index in [1.54, 1.807) is 4.90 Å². The number of sulfone groups is 1. The Kier molecular flexibility index (Phi) is 3.40. The number of rotatable bonds is 3. The molecule has 2 heterocycles. The molecule has 1 atom stereocenters. The van der Waals surface area contributed by atoms with Crippen molar-refractivity contribution in [3.63, 3.8) is 0 Å². The van der Waals surface area contributed by atoms with Crippen molar-refractivity contribution < 1.29 is 18.3 Å². The molecule has 0 bridgehead atoms. The van der Waals surface area contributed by atoms with E-state index in [9.17, 15) is 13.2 Å². The van der Waals surface area contributed by atoms with Crippen LogP contribution in [0.25, 0.3) is 0 Å². The summed E-state index contributed by atoms with van der Waals surface area (Å²) in [6.45, 7) is 0.804. The molecule has 9 heteroatoms. The highest BCUT2D eigenvalue weighted by Gasteiger charge is 2.31. The first-order valence-corrected chi connectivity index (χ1v) is 7.71. The number of carboxylic acid groups (broad SMARTS) is 1. The first-order valence-electron chi connectivity index (χ1n) is 5.82. The topological polar surface area (TPSA) is 129 Å². The molecule has 0 radical (unpaired) electrons. The number of hydrogen-bond donors (Lipinski definition) is 3. The maximum Gasteiger partial charge on any atom is 0.308 e. The number of hydrogen-bond acceptors (Lipinski definition) is 6. The smallest absolute Gasteiger partial charge is 0.308 e. The third kappa shape index (κ3) is 2.65. The molecule has 0 aromatic carbocycles. The van der Waals surface area contributed by atoms with E-state index in [4.69, 9.17) is 10.8 Å². The van der Waals surface area contributed by atoms with E-state index >= 15 is 0 Å². The van der Waals surface area contributed by atoms with Gasteiger partial charge in [0.05, 0.1) is 5.92 Å². The number of aromatic amines is 1. The van der Waals surface area contributed by atoms with Crippen LogP contribution in [0.15, 0.2) is 4.90 Å². The van der Waals surface area contributed by atoms with Gasteiger partial charge in [-0.2, -0.15) is 5.10 Å². The van der Waals surface area contributed by atoms with E-state index in [0.29, 0.717) is 19.4 Å². The summed E-state index contributed by atoms with van der Waals surface area (Å²) >= 11 is 0. The van der Waals surface area contributed by atoms with Crippen molar-refractivity contribution in [1.29, 1.82) is 0 Å². The molecule has 19 heavy (non-hydrogen) atoms. The summed E-state index contributed by atoms with van der Waals surface area (Å²) in [7, 11) is -3.52. The number of aromatic nitrogens is 2. The van der Waals surface area contributed by atoms with Gasteiger partial charge < -0.3 is 15.7 Å². The van der Waals surface area contributed by atoms with Gasteiger partial charge in [0.15, 0.2) is 20.6 Å². The Bertz CT molecular complexity index is 595. The lowest BCUT2D eigenvalue weighted by Gasteiger charge is -2.31. The van der Waals surface area contributed by atoms with E-state index in [2.05, 4.69) is 10.2 Å². The van der Waals surface area contributed by atoms with E-state index in [0.717, 1.165) is 6.26 Å². The van der Waals surface area contributed by atoms with Gasteiger partial charge in [-0.15, -0.1) is 0 Å². The molecule has 0 saturated carbocycles. The fourth-order valence-electron chi connectivity index (χ4n) is 2.29. The zero-order chi connectivity index (χ0) is 14.2. The van der Waals surface area contributed by atoms with Crippen molar-refractivity contribution in [2.24, 2.45) is 5.92 Å². The van der Waals surface area contributed by atoms with Gasteiger partial charge in [-0.25, -0.2) is 8.42 Å². The van der Waals surface area contributed by atoms with Crippen molar-refractivity contribution >= 4 is 27.4 Å². The number of aliphatic carboxylic acids is 1. The van der Waals surface area contributed by atoms with E-state index in [-0.39, 0.29) is 23.1 Å². The zero-order valence-corrected chi connectivity index (χ0v) is 11.3. The highest BCUT2D eigenvalue weighted by Crippen LogP contribution is 2.30. The zero-order valence-electron chi connectivity index (χ0n) is 10.5. The minimum Gasteiger partial charge on any atom is -0.481 e. The molecule has 0 spiro atoms. The van der Waals surface area contributed by atoms with Gasteiger partial charge >= 0.3 is 5.97 Å². The Morgan fingerprint density at radius 3 is 2.84 bits per heavy atom. The van der Waals surface area contributed by atoms with Crippen LogP contribution in [0.1, 0.15) is 12.8 Å². The van der Waals surface area contributed by atoms with Gasteiger partial charge in [0.25, 0.3) is 0 Å². The number of carboxylic acids is 1. The predicted molar refractivity (Wildman–Crippen MR) is 68.7 cm³/mol. The molecule has 0 aliphatic carbocycles. The van der Waals surface area contributed by atoms with Crippen molar-refractivity contribution in [3.8, 4) is 0 Å². The number of anilines is 2. The summed E-state index contributed by atoms with van der Waals surface area (Å²) in [6.07, 6.45) is 2.31. The summed E-state index contributed by atoms with van der Waals surface area (Å²) < 4.78 is 23.4. The van der Waals surface area contributed by atoms with Crippen molar-refractivity contribution in [3.05, 3.63) is 0 Å². The number of H-pyrrole nitrogens is 1. The molecule has 1 fully saturated rings. The number of carbonyl (C=O) groups is 1. The van der Waals surface area contributed by atoms with Crippen molar-refractivity contribution in [1.82, 2.24) is 10.2 Å². The molecule has 2 rings (SSSR count). The first-order chi connectivity index (χ1) is 8.80. The number of nitrogens with one attached hydrogen (secondary N) is 1. The van der Waals surface area contributed by atoms with E-state index in [1.807, 2.05) is 0 Å². The fraction of sp³-hybridized carbons (Fsp3) is 0.600. The Labute approximate surface area is 110 Å². The average Bonchev–Trinajstić information content (AvgIpc) is 2.71. The van der Waals surface area contributed by atoms with Crippen LogP contribution in [0, 0.1) is 5.92 Å². The highest BCUT2D eigenvalue weighted by atomic mass is 32.2. The summed E-state index contributed by atoms with van der Waals surface area (Å²) in [6, 6.07) is 0. The Morgan fingerprint density at radius 1 is 1.58 bits per heavy atom. The van der Waals surface area contributed by atoms with Crippen LogP contribution in [0.5, 0.6) is 0 Å². The molecule has 1 aliphatic heterocycles. The van der Waals surface area contributed by atoms with Gasteiger partial charge in [-0.05, 0) is 12.8 Å². The molecule has 106 valence electrons. The third-order valence-corrected chi connectivity index (χ3v) is 4.31. The summed E-state index contributed by atoms with van der Waals surface area (Å²) in [5, 5.41) is 15.4. The molecular weight excluding hydrogens is 272 g/mol. The van der Waals surface area contributed by atoms with Gasteiger partial charge in [-0.1, -0.05) is 0 Å². The molecule has 1 saturated heterocycles. The van der Waals surface area contributed by atoms with Crippen LogP contribution < -0.4 is 10.6 Å². The predicted octanol–water partition coefficient (Wildman–Crippen LogP) is -0.304. The van der Waals surface area contributed by atoms with Crippen molar-refractivity contribution in [2.45, 2.75) is 17.7 Å². The molecule has 1 aromatic rings. The largest absolute Gasteiger partial charge is 0.481 e. The molecule has 1 unspecified atom stereocenters. The second-order valence-electron chi connectivity index (χ2n) is 4.69. The lowest BCUT2D eigenvalue weighted by atomic mass is 9.98. The molecule has 0 amide bonds. The lowest BCUT2D eigenvalue weighted by Crippen LogP contribution is -2.39. The summed E-state index contributed by atoms with van der Waals surface area (Å²) in [5.74, 6) is -1.20. The molecule has 4 N–H and O–H groups in total. The third-order valence-electron chi connectivity index (χ3n) is 3.17. The SMILES string of the molecule is CS(=O)(=O)c1c(N2CCCC(C(=O)O)C2)n[nH]c1N. The van der Waals surface area contributed by atoms with Gasteiger partial charge in [-0.3, -0.25) is 9.89 Å². The van der Waals surface area contributed by atoms with Crippen LogP contribution in [0.4, 0.5) is 11.6 Å². The monoisotopic (exact) mass is 288 g/mol. The van der Waals surface area contributed by atoms with Crippen LogP contribution in [0.2, 0.25) is 0 Å². The Morgan fingerprint density at radius 2 is 2.26 bits per heavy atom. The average molecular weight is 288 g/mol. The lowest BCUT2D eigenvalue weighted by molar-refractivity contribution is -0.141. The summed E-state index contributed by atoms with van der Waals surface area (Å²) in [4.78, 5) is 12.6. The molecule has 8 nitrogen and oxygen atoms in total. The number of nitrogen functional groups attached to an aromatic ring is 1. The Balaban J connectivity index is 2.35. The van der Waals surface area contributed by atoms with Crippen LogP contribution >= 0.6 is 0 Å². The second kappa shape index (κ2) is 4.72. The first kappa shape index (κ1) is 13.7. The van der Waals surface area contributed by atoms with E-state index in [1.165, 1.54) is 0 Å².